The van der Waals surface area contributed by atoms with Crippen molar-refractivity contribution in [3.8, 4) is 0 Å². The average Bonchev–Trinajstić information content (AvgIpc) is 2.78. The van der Waals surface area contributed by atoms with Gasteiger partial charge in [-0.2, -0.15) is 0 Å². The van der Waals surface area contributed by atoms with Crippen molar-refractivity contribution in [3.63, 3.8) is 0 Å². The van der Waals surface area contributed by atoms with Gasteiger partial charge in [0, 0.05) is 5.56 Å². The number of Topliss-reactive ketones (excluding diaryl/α,β-unsaturated/α-hetero) is 1. The molecule has 3 aromatic rings. The molecular weight excluding hydrogens is 274 g/mol. The molecule has 0 atom stereocenters. The number of halogens is 2. The van der Waals surface area contributed by atoms with Crippen molar-refractivity contribution >= 4 is 16.8 Å². The molecule has 1 aromatic heterocycles. The van der Waals surface area contributed by atoms with Crippen LogP contribution in [0.2, 0.25) is 0 Å². The van der Waals surface area contributed by atoms with Gasteiger partial charge in [-0.25, -0.2) is 13.8 Å². The van der Waals surface area contributed by atoms with Crippen LogP contribution in [0.15, 0.2) is 42.5 Å². The molecule has 0 radical (unpaired) electrons. The number of carbonyl (C=O) groups excluding carboxylic acids is 1. The Morgan fingerprint density at radius 1 is 1.14 bits per heavy atom. The molecule has 0 aliphatic carbocycles. The van der Waals surface area contributed by atoms with Crippen molar-refractivity contribution in [2.75, 3.05) is 0 Å². The summed E-state index contributed by atoms with van der Waals surface area (Å²) in [7, 11) is 0. The van der Waals surface area contributed by atoms with Crippen molar-refractivity contribution < 1.29 is 13.6 Å². The van der Waals surface area contributed by atoms with Gasteiger partial charge < -0.3 is 4.57 Å². The Kier molecular flexibility index (Phi) is 3.25. The Labute approximate surface area is 119 Å². The molecule has 106 valence electrons. The minimum atomic E-state index is -1.02. The zero-order valence-corrected chi connectivity index (χ0v) is 11.3. The van der Waals surface area contributed by atoms with E-state index < -0.39 is 11.6 Å². The normalized spacial score (nSPS) is 11.0. The highest BCUT2D eigenvalue weighted by molar-refractivity contribution is 5.96. The van der Waals surface area contributed by atoms with E-state index in [9.17, 15) is 13.6 Å². The number of nitrogens with zero attached hydrogens (tertiary/aromatic N) is 2. The Bertz CT molecular complexity index is 839. The van der Waals surface area contributed by atoms with Gasteiger partial charge in [0.25, 0.3) is 0 Å². The molecule has 0 unspecified atom stereocenters. The van der Waals surface area contributed by atoms with Crippen LogP contribution in [0, 0.1) is 18.6 Å². The molecule has 0 aliphatic rings. The van der Waals surface area contributed by atoms with Gasteiger partial charge in [-0.3, -0.25) is 4.79 Å². The zero-order chi connectivity index (χ0) is 15.0. The second-order valence-electron chi connectivity index (χ2n) is 4.79. The van der Waals surface area contributed by atoms with Crippen LogP contribution in [0.4, 0.5) is 8.78 Å². The summed E-state index contributed by atoms with van der Waals surface area (Å²) >= 11 is 0. The number of imidazole rings is 1. The van der Waals surface area contributed by atoms with E-state index in [1.54, 1.807) is 11.5 Å². The Hall–Kier alpha value is -2.56. The SMILES string of the molecule is Cc1nc2ccccc2n1CC(=O)c1ccc(F)c(F)c1. The van der Waals surface area contributed by atoms with Crippen LogP contribution in [0.1, 0.15) is 16.2 Å². The highest BCUT2D eigenvalue weighted by Crippen LogP contribution is 2.17. The van der Waals surface area contributed by atoms with Crippen molar-refractivity contribution in [3.05, 3.63) is 65.5 Å². The van der Waals surface area contributed by atoms with E-state index in [0.29, 0.717) is 5.82 Å². The molecular formula is C16H12F2N2O. The van der Waals surface area contributed by atoms with Gasteiger partial charge in [-0.1, -0.05) is 12.1 Å². The summed E-state index contributed by atoms with van der Waals surface area (Å²) in [5, 5.41) is 0. The molecule has 0 bridgehead atoms. The smallest absolute Gasteiger partial charge is 0.182 e. The Morgan fingerprint density at radius 3 is 2.67 bits per heavy atom. The molecule has 21 heavy (non-hydrogen) atoms. The van der Waals surface area contributed by atoms with E-state index in [2.05, 4.69) is 4.98 Å². The number of rotatable bonds is 3. The lowest BCUT2D eigenvalue weighted by Gasteiger charge is -2.06. The summed E-state index contributed by atoms with van der Waals surface area (Å²) in [5.74, 6) is -1.57. The van der Waals surface area contributed by atoms with Crippen LogP contribution in [0.5, 0.6) is 0 Å². The number of para-hydroxylation sites is 2. The predicted molar refractivity (Wildman–Crippen MR) is 75.2 cm³/mol. The summed E-state index contributed by atoms with van der Waals surface area (Å²) in [4.78, 5) is 16.6. The van der Waals surface area contributed by atoms with E-state index in [1.165, 1.54) is 6.07 Å². The highest BCUT2D eigenvalue weighted by atomic mass is 19.2. The van der Waals surface area contributed by atoms with Crippen molar-refractivity contribution in [1.29, 1.82) is 0 Å². The van der Waals surface area contributed by atoms with Crippen LogP contribution < -0.4 is 0 Å². The van der Waals surface area contributed by atoms with Gasteiger partial charge in [-0.15, -0.1) is 0 Å². The second-order valence-corrected chi connectivity index (χ2v) is 4.79. The number of aryl methyl sites for hydroxylation is 1. The number of benzene rings is 2. The lowest BCUT2D eigenvalue weighted by Crippen LogP contribution is -2.12. The summed E-state index contributed by atoms with van der Waals surface area (Å²) in [6.07, 6.45) is 0. The first kappa shape index (κ1) is 13.4. The van der Waals surface area contributed by atoms with Gasteiger partial charge in [0.05, 0.1) is 17.6 Å². The van der Waals surface area contributed by atoms with Crippen molar-refractivity contribution in [2.24, 2.45) is 0 Å². The lowest BCUT2D eigenvalue weighted by atomic mass is 10.1. The molecule has 0 saturated heterocycles. The molecule has 3 nitrogen and oxygen atoms in total. The predicted octanol–water partition coefficient (Wildman–Crippen LogP) is 3.51. The van der Waals surface area contributed by atoms with E-state index in [-0.39, 0.29) is 17.9 Å². The lowest BCUT2D eigenvalue weighted by molar-refractivity contribution is 0.0972. The third-order valence-corrected chi connectivity index (χ3v) is 3.39. The maximum absolute atomic E-state index is 13.2. The molecule has 0 amide bonds. The fourth-order valence-electron chi connectivity index (χ4n) is 2.30. The maximum Gasteiger partial charge on any atom is 0.182 e. The molecule has 0 spiro atoms. The Morgan fingerprint density at radius 2 is 1.90 bits per heavy atom. The average molecular weight is 286 g/mol. The minimum Gasteiger partial charge on any atom is -0.320 e. The van der Waals surface area contributed by atoms with Crippen LogP contribution in [-0.2, 0) is 6.54 Å². The van der Waals surface area contributed by atoms with Gasteiger partial charge in [0.1, 0.15) is 5.82 Å². The van der Waals surface area contributed by atoms with Crippen molar-refractivity contribution in [1.82, 2.24) is 9.55 Å². The third kappa shape index (κ3) is 2.42. The standard InChI is InChI=1S/C16H12F2N2O/c1-10-19-14-4-2-3-5-15(14)20(10)9-16(21)11-6-7-12(17)13(18)8-11/h2-8H,9H2,1H3. The molecule has 2 aromatic carbocycles. The molecule has 0 fully saturated rings. The zero-order valence-electron chi connectivity index (χ0n) is 11.3. The van der Waals surface area contributed by atoms with Crippen LogP contribution in [0.3, 0.4) is 0 Å². The summed E-state index contributed by atoms with van der Waals surface area (Å²) in [6, 6.07) is 10.6. The summed E-state index contributed by atoms with van der Waals surface area (Å²) < 4.78 is 27.9. The number of aromatic nitrogens is 2. The van der Waals surface area contributed by atoms with E-state index >= 15 is 0 Å². The summed E-state index contributed by atoms with van der Waals surface area (Å²) in [5.41, 5.74) is 1.78. The van der Waals surface area contributed by atoms with Crippen LogP contribution in [0.25, 0.3) is 11.0 Å². The third-order valence-electron chi connectivity index (χ3n) is 3.39. The van der Waals surface area contributed by atoms with E-state index in [4.69, 9.17) is 0 Å². The Balaban J connectivity index is 1.96. The number of hydrogen-bond donors (Lipinski definition) is 0. The monoisotopic (exact) mass is 286 g/mol. The molecule has 0 N–H and O–H groups in total. The molecule has 3 rings (SSSR count). The van der Waals surface area contributed by atoms with Gasteiger partial charge in [0.2, 0.25) is 0 Å². The maximum atomic E-state index is 13.2. The number of carbonyl (C=O) groups is 1. The number of hydrogen-bond acceptors (Lipinski definition) is 2. The minimum absolute atomic E-state index is 0.0391. The second kappa shape index (κ2) is 5.09. The molecule has 1 heterocycles. The quantitative estimate of drug-likeness (QED) is 0.691. The largest absolute Gasteiger partial charge is 0.320 e. The van der Waals surface area contributed by atoms with E-state index in [1.807, 2.05) is 24.3 Å². The topological polar surface area (TPSA) is 34.9 Å². The van der Waals surface area contributed by atoms with Crippen molar-refractivity contribution in [2.45, 2.75) is 13.5 Å². The fourth-order valence-corrected chi connectivity index (χ4v) is 2.30. The number of ketones is 1. The van der Waals surface area contributed by atoms with Gasteiger partial charge in [-0.05, 0) is 37.3 Å². The first-order chi connectivity index (χ1) is 10.1. The fraction of sp³-hybridized carbons (Fsp3) is 0.125. The van der Waals surface area contributed by atoms with Gasteiger partial charge in [0.15, 0.2) is 17.4 Å². The molecule has 5 heteroatoms. The van der Waals surface area contributed by atoms with Crippen LogP contribution >= 0.6 is 0 Å². The number of fused-ring (bicyclic) bond motifs is 1. The van der Waals surface area contributed by atoms with Gasteiger partial charge >= 0.3 is 0 Å². The van der Waals surface area contributed by atoms with E-state index in [0.717, 1.165) is 23.2 Å². The highest BCUT2D eigenvalue weighted by Gasteiger charge is 2.14. The molecule has 0 aliphatic heterocycles. The first-order valence-corrected chi connectivity index (χ1v) is 6.46. The van der Waals surface area contributed by atoms with Crippen LogP contribution in [-0.4, -0.2) is 15.3 Å². The first-order valence-electron chi connectivity index (χ1n) is 6.46. The molecule has 0 saturated carbocycles. The summed E-state index contributed by atoms with van der Waals surface area (Å²) in [6.45, 7) is 1.84.